The first-order chi connectivity index (χ1) is 7.47. The zero-order valence-electron chi connectivity index (χ0n) is 8.02. The summed E-state index contributed by atoms with van der Waals surface area (Å²) in [7, 11) is 1.68. The summed E-state index contributed by atoms with van der Waals surface area (Å²) >= 11 is 3.39. The molecule has 0 atom stereocenters. The number of halogens is 2. The van der Waals surface area contributed by atoms with Gasteiger partial charge in [0, 0.05) is 26.7 Å². The minimum absolute atomic E-state index is 0.213. The van der Waals surface area contributed by atoms with Gasteiger partial charge in [-0.2, -0.15) is 0 Å². The lowest BCUT2D eigenvalue weighted by Gasteiger charge is -2.05. The second-order valence-corrected chi connectivity index (χ2v) is 6.92. The van der Waals surface area contributed by atoms with Gasteiger partial charge in [0.05, 0.1) is 11.3 Å². The number of nitrogens with zero attached hydrogens (tertiary/aromatic N) is 1. The van der Waals surface area contributed by atoms with Crippen LogP contribution in [-0.4, -0.2) is 13.4 Å². The molecule has 3 nitrogen and oxygen atoms in total. The molecule has 0 fully saturated rings. The van der Waals surface area contributed by atoms with Gasteiger partial charge in [-0.25, -0.2) is 8.42 Å². The molecule has 0 radical (unpaired) electrons. The third-order valence-corrected chi connectivity index (χ3v) is 3.80. The number of benzene rings is 1. The number of hydrogen-bond donors (Lipinski definition) is 0. The van der Waals surface area contributed by atoms with E-state index in [0.29, 0.717) is 11.1 Å². The van der Waals surface area contributed by atoms with Gasteiger partial charge in [-0.05, 0) is 17.7 Å². The summed E-state index contributed by atoms with van der Waals surface area (Å²) < 4.78 is 23.0. The van der Waals surface area contributed by atoms with Crippen molar-refractivity contribution in [2.75, 3.05) is 0 Å². The van der Waals surface area contributed by atoms with Crippen molar-refractivity contribution in [3.8, 4) is 0 Å². The Kier molecular flexibility index (Phi) is 3.19. The van der Waals surface area contributed by atoms with E-state index < -0.39 is 9.05 Å². The van der Waals surface area contributed by atoms with E-state index in [1.54, 1.807) is 24.4 Å². The summed E-state index contributed by atoms with van der Waals surface area (Å²) in [5, 5.41) is 0.875. The number of aromatic nitrogens is 1. The predicted octanol–water partition coefficient (Wildman–Crippen LogP) is 3.07. The lowest BCUT2D eigenvalue weighted by atomic mass is 10.1. The molecule has 0 saturated carbocycles. The minimum atomic E-state index is -3.56. The zero-order chi connectivity index (χ0) is 11.8. The van der Waals surface area contributed by atoms with E-state index in [1.807, 2.05) is 6.07 Å². The third-order valence-electron chi connectivity index (χ3n) is 2.13. The molecule has 0 aliphatic rings. The summed E-state index contributed by atoms with van der Waals surface area (Å²) in [6, 6.07) is 7.17. The Morgan fingerprint density at radius 1 is 1.31 bits per heavy atom. The van der Waals surface area contributed by atoms with E-state index in [9.17, 15) is 8.42 Å². The molecular weight excluding hydrogens is 314 g/mol. The Morgan fingerprint density at radius 3 is 2.75 bits per heavy atom. The molecular formula is C10H7BrClNO2S. The van der Waals surface area contributed by atoms with Gasteiger partial charge in [0.2, 0.25) is 9.05 Å². The molecule has 1 aromatic heterocycles. The van der Waals surface area contributed by atoms with Gasteiger partial charge >= 0.3 is 0 Å². The van der Waals surface area contributed by atoms with Gasteiger partial charge in [0.15, 0.2) is 0 Å². The van der Waals surface area contributed by atoms with Gasteiger partial charge in [0.25, 0.3) is 0 Å². The fraction of sp³-hybridized carbons (Fsp3) is 0.100. The maximum atomic E-state index is 11.1. The van der Waals surface area contributed by atoms with Crippen LogP contribution in [0.2, 0.25) is 0 Å². The Hall–Kier alpha value is -0.650. The van der Waals surface area contributed by atoms with Crippen molar-refractivity contribution >= 4 is 46.6 Å². The second kappa shape index (κ2) is 4.31. The lowest BCUT2D eigenvalue weighted by Crippen LogP contribution is -1.97. The van der Waals surface area contributed by atoms with Crippen LogP contribution in [0.4, 0.5) is 0 Å². The Balaban J connectivity index is 2.68. The number of hydrogen-bond acceptors (Lipinski definition) is 3. The van der Waals surface area contributed by atoms with Crippen LogP contribution < -0.4 is 0 Å². The monoisotopic (exact) mass is 319 g/mol. The summed E-state index contributed by atoms with van der Waals surface area (Å²) in [6.07, 6.45) is 1.62. The Bertz CT molecular complexity index is 642. The minimum Gasteiger partial charge on any atom is -0.256 e. The molecule has 0 aliphatic carbocycles. The van der Waals surface area contributed by atoms with Gasteiger partial charge < -0.3 is 0 Å². The van der Waals surface area contributed by atoms with Gasteiger partial charge in [-0.3, -0.25) is 4.98 Å². The second-order valence-electron chi connectivity index (χ2n) is 3.29. The van der Waals surface area contributed by atoms with E-state index in [4.69, 9.17) is 10.7 Å². The maximum Gasteiger partial charge on any atom is 0.236 e. The van der Waals surface area contributed by atoms with Crippen molar-refractivity contribution in [1.82, 2.24) is 4.98 Å². The molecule has 0 spiro atoms. The normalized spacial score (nSPS) is 11.9. The fourth-order valence-corrected chi connectivity index (χ4v) is 2.91. The highest BCUT2D eigenvalue weighted by atomic mass is 79.9. The standard InChI is InChI=1S/C10H7BrClNO2S/c11-9-4-3-7(6-16(12,14)15)10-8(9)2-1-5-13-10/h1-5H,6H2. The quantitative estimate of drug-likeness (QED) is 0.799. The summed E-state index contributed by atoms with van der Waals surface area (Å²) in [5.74, 6) is -0.213. The van der Waals surface area contributed by atoms with Crippen LogP contribution in [0, 0.1) is 0 Å². The predicted molar refractivity (Wildman–Crippen MR) is 67.9 cm³/mol. The zero-order valence-corrected chi connectivity index (χ0v) is 11.2. The van der Waals surface area contributed by atoms with Gasteiger partial charge in [-0.15, -0.1) is 0 Å². The summed E-state index contributed by atoms with van der Waals surface area (Å²) in [6.45, 7) is 0. The highest BCUT2D eigenvalue weighted by Crippen LogP contribution is 2.26. The molecule has 2 rings (SSSR count). The topological polar surface area (TPSA) is 47.0 Å². The van der Waals surface area contributed by atoms with Gasteiger partial charge in [0.1, 0.15) is 0 Å². The van der Waals surface area contributed by atoms with E-state index in [0.717, 1.165) is 9.86 Å². The molecule has 0 aliphatic heterocycles. The van der Waals surface area contributed by atoms with E-state index in [-0.39, 0.29) is 5.75 Å². The van der Waals surface area contributed by atoms with E-state index >= 15 is 0 Å². The number of pyridine rings is 1. The number of rotatable bonds is 2. The maximum absolute atomic E-state index is 11.1. The number of fused-ring (bicyclic) bond motifs is 1. The smallest absolute Gasteiger partial charge is 0.236 e. The van der Waals surface area contributed by atoms with Crippen LogP contribution in [0.15, 0.2) is 34.9 Å². The average molecular weight is 321 g/mol. The van der Waals surface area contributed by atoms with Gasteiger partial charge in [-0.1, -0.05) is 28.1 Å². The Labute approximate surface area is 106 Å². The summed E-state index contributed by atoms with van der Waals surface area (Å²) in [5.41, 5.74) is 1.26. The van der Waals surface area contributed by atoms with E-state index in [2.05, 4.69) is 20.9 Å². The SMILES string of the molecule is O=S(=O)(Cl)Cc1ccc(Br)c2cccnc12. The largest absolute Gasteiger partial charge is 0.256 e. The summed E-state index contributed by atoms with van der Waals surface area (Å²) in [4.78, 5) is 4.17. The highest BCUT2D eigenvalue weighted by molar-refractivity contribution is 9.10. The van der Waals surface area contributed by atoms with Crippen LogP contribution in [0.25, 0.3) is 10.9 Å². The fourth-order valence-electron chi connectivity index (χ4n) is 1.50. The van der Waals surface area contributed by atoms with Crippen LogP contribution >= 0.6 is 26.6 Å². The van der Waals surface area contributed by atoms with Crippen molar-refractivity contribution in [3.63, 3.8) is 0 Å². The van der Waals surface area contributed by atoms with E-state index in [1.165, 1.54) is 0 Å². The molecule has 16 heavy (non-hydrogen) atoms. The molecule has 0 amide bonds. The molecule has 1 aromatic carbocycles. The van der Waals surface area contributed by atoms with Crippen LogP contribution in [0.5, 0.6) is 0 Å². The third kappa shape index (κ3) is 2.53. The van der Waals surface area contributed by atoms with Crippen molar-refractivity contribution in [1.29, 1.82) is 0 Å². The molecule has 1 heterocycles. The lowest BCUT2D eigenvalue weighted by molar-refractivity contribution is 0.609. The average Bonchev–Trinajstić information content (AvgIpc) is 2.21. The van der Waals surface area contributed by atoms with Crippen LogP contribution in [-0.2, 0) is 14.8 Å². The molecule has 0 saturated heterocycles. The molecule has 0 N–H and O–H groups in total. The molecule has 84 valence electrons. The first-order valence-electron chi connectivity index (χ1n) is 4.42. The van der Waals surface area contributed by atoms with Crippen LogP contribution in [0.1, 0.15) is 5.56 Å². The van der Waals surface area contributed by atoms with Crippen molar-refractivity contribution in [3.05, 3.63) is 40.5 Å². The van der Waals surface area contributed by atoms with Crippen LogP contribution in [0.3, 0.4) is 0 Å². The molecule has 0 unspecified atom stereocenters. The molecule has 0 bridgehead atoms. The Morgan fingerprint density at radius 2 is 2.06 bits per heavy atom. The first-order valence-corrected chi connectivity index (χ1v) is 7.69. The van der Waals surface area contributed by atoms with Crippen molar-refractivity contribution < 1.29 is 8.42 Å². The molecule has 6 heteroatoms. The first kappa shape index (κ1) is 11.8. The molecule has 2 aromatic rings. The van der Waals surface area contributed by atoms with Crippen molar-refractivity contribution in [2.45, 2.75) is 5.75 Å². The highest BCUT2D eigenvalue weighted by Gasteiger charge is 2.12. The van der Waals surface area contributed by atoms with Crippen molar-refractivity contribution in [2.24, 2.45) is 0 Å².